The highest BCUT2D eigenvalue weighted by Gasteiger charge is 2.06. The van der Waals surface area contributed by atoms with Crippen LogP contribution in [0.25, 0.3) is 0 Å². The van der Waals surface area contributed by atoms with Gasteiger partial charge in [-0.05, 0) is 30.3 Å². The smallest absolute Gasteiger partial charge is 0.267 e. The fourth-order valence-corrected chi connectivity index (χ4v) is 1.56. The number of hydrogen-bond acceptors (Lipinski definition) is 4. The van der Waals surface area contributed by atoms with E-state index in [2.05, 4.69) is 10.4 Å². The number of hydrogen-bond donors (Lipinski definition) is 2. The van der Waals surface area contributed by atoms with Crippen LogP contribution in [-0.2, 0) is 11.3 Å². The molecule has 7 heteroatoms. The summed E-state index contributed by atoms with van der Waals surface area (Å²) in [6, 6.07) is 8.94. The summed E-state index contributed by atoms with van der Waals surface area (Å²) in [5.74, 6) is -0.930. The topological polar surface area (TPSA) is 107 Å². The summed E-state index contributed by atoms with van der Waals surface area (Å²) in [6.07, 6.45) is 1.43. The quantitative estimate of drug-likeness (QED) is 0.815. The summed E-state index contributed by atoms with van der Waals surface area (Å²) >= 11 is 0. The number of carbonyl (C=O) groups excluding carboxylic acids is 2. The van der Waals surface area contributed by atoms with Crippen molar-refractivity contribution in [1.82, 2.24) is 9.78 Å². The molecule has 2 rings (SSSR count). The molecule has 1 heterocycles. The molecular weight excluding hydrogens is 260 g/mol. The lowest BCUT2D eigenvalue weighted by Crippen LogP contribution is -2.28. The second-order valence-corrected chi connectivity index (χ2v) is 4.01. The summed E-state index contributed by atoms with van der Waals surface area (Å²) in [6.45, 7) is -0.183. The van der Waals surface area contributed by atoms with Gasteiger partial charge in [0.1, 0.15) is 6.54 Å². The molecule has 20 heavy (non-hydrogen) atoms. The molecule has 1 aromatic heterocycles. The van der Waals surface area contributed by atoms with Crippen molar-refractivity contribution in [2.75, 3.05) is 5.32 Å². The first-order valence-electron chi connectivity index (χ1n) is 5.78. The minimum atomic E-state index is -0.539. The van der Waals surface area contributed by atoms with Gasteiger partial charge in [-0.15, -0.1) is 0 Å². The molecule has 0 fully saturated rings. The second kappa shape index (κ2) is 5.79. The van der Waals surface area contributed by atoms with Crippen molar-refractivity contribution >= 4 is 17.5 Å². The summed E-state index contributed by atoms with van der Waals surface area (Å²) in [7, 11) is 0. The third-order valence-corrected chi connectivity index (χ3v) is 2.53. The molecule has 3 N–H and O–H groups in total. The largest absolute Gasteiger partial charge is 0.366 e. The fourth-order valence-electron chi connectivity index (χ4n) is 1.56. The maximum Gasteiger partial charge on any atom is 0.267 e. The second-order valence-electron chi connectivity index (χ2n) is 4.01. The molecule has 0 aliphatic rings. The van der Waals surface area contributed by atoms with Gasteiger partial charge in [0.15, 0.2) is 0 Å². The number of carbonyl (C=O) groups is 2. The average molecular weight is 272 g/mol. The Labute approximate surface area is 114 Å². The van der Waals surface area contributed by atoms with Crippen LogP contribution >= 0.6 is 0 Å². The highest BCUT2D eigenvalue weighted by atomic mass is 16.2. The molecular formula is C13H12N4O3. The first-order chi connectivity index (χ1) is 9.56. The first-order valence-corrected chi connectivity index (χ1v) is 5.78. The van der Waals surface area contributed by atoms with Crippen LogP contribution in [0.4, 0.5) is 5.69 Å². The van der Waals surface area contributed by atoms with E-state index in [1.54, 1.807) is 12.1 Å². The van der Waals surface area contributed by atoms with Crippen LogP contribution in [0.5, 0.6) is 0 Å². The normalized spacial score (nSPS) is 10.0. The van der Waals surface area contributed by atoms with E-state index >= 15 is 0 Å². The zero-order chi connectivity index (χ0) is 14.5. The van der Waals surface area contributed by atoms with Gasteiger partial charge in [-0.1, -0.05) is 0 Å². The number of rotatable bonds is 4. The van der Waals surface area contributed by atoms with Gasteiger partial charge < -0.3 is 11.1 Å². The van der Waals surface area contributed by atoms with E-state index in [-0.39, 0.29) is 12.1 Å². The molecule has 2 aromatic rings. The number of nitrogens with one attached hydrogen (secondary N) is 1. The Hall–Kier alpha value is -2.96. The SMILES string of the molecule is NC(=O)c1ccc(NC(=O)Cn2ncccc2=O)cc1. The molecule has 0 saturated heterocycles. The van der Waals surface area contributed by atoms with Crippen LogP contribution in [0, 0.1) is 0 Å². The number of nitrogens with two attached hydrogens (primary N) is 1. The molecule has 2 amide bonds. The van der Waals surface area contributed by atoms with Crippen LogP contribution in [-0.4, -0.2) is 21.6 Å². The molecule has 0 bridgehead atoms. The van der Waals surface area contributed by atoms with Crippen LogP contribution in [0.15, 0.2) is 47.4 Å². The molecule has 102 valence electrons. The Morgan fingerprint density at radius 1 is 1.20 bits per heavy atom. The molecule has 0 aliphatic heterocycles. The van der Waals surface area contributed by atoms with Crippen LogP contribution in [0.1, 0.15) is 10.4 Å². The van der Waals surface area contributed by atoms with Crippen LogP contribution < -0.4 is 16.6 Å². The van der Waals surface area contributed by atoms with E-state index in [0.29, 0.717) is 11.3 Å². The van der Waals surface area contributed by atoms with E-state index in [1.165, 1.54) is 30.5 Å². The van der Waals surface area contributed by atoms with Crippen molar-refractivity contribution in [3.05, 3.63) is 58.5 Å². The third kappa shape index (κ3) is 3.29. The summed E-state index contributed by atoms with van der Waals surface area (Å²) in [4.78, 5) is 34.0. The molecule has 0 atom stereocenters. The van der Waals surface area contributed by atoms with Gasteiger partial charge in [0, 0.05) is 23.5 Å². The summed E-state index contributed by atoms with van der Waals surface area (Å²) in [5.41, 5.74) is 5.61. The maximum atomic E-state index is 11.8. The van der Waals surface area contributed by atoms with E-state index in [1.807, 2.05) is 0 Å². The Morgan fingerprint density at radius 2 is 1.90 bits per heavy atom. The van der Waals surface area contributed by atoms with E-state index in [0.717, 1.165) is 4.68 Å². The molecule has 0 spiro atoms. The van der Waals surface area contributed by atoms with E-state index < -0.39 is 11.8 Å². The Bertz CT molecular complexity index is 691. The Morgan fingerprint density at radius 3 is 2.50 bits per heavy atom. The Kier molecular flexibility index (Phi) is 3.90. The van der Waals surface area contributed by atoms with E-state index in [4.69, 9.17) is 5.73 Å². The van der Waals surface area contributed by atoms with Gasteiger partial charge in [0.2, 0.25) is 11.8 Å². The highest BCUT2D eigenvalue weighted by molar-refractivity contribution is 5.94. The Balaban J connectivity index is 2.03. The number of nitrogens with zero attached hydrogens (tertiary/aromatic N) is 2. The number of amides is 2. The number of benzene rings is 1. The van der Waals surface area contributed by atoms with Gasteiger partial charge in [-0.2, -0.15) is 5.10 Å². The summed E-state index contributed by atoms with van der Waals surface area (Å²) in [5, 5.41) is 6.37. The highest BCUT2D eigenvalue weighted by Crippen LogP contribution is 2.08. The minimum absolute atomic E-state index is 0.183. The lowest BCUT2D eigenvalue weighted by atomic mass is 10.2. The predicted octanol–water partition coefficient (Wildman–Crippen LogP) is -0.0191. The van der Waals surface area contributed by atoms with Crippen molar-refractivity contribution in [2.24, 2.45) is 5.73 Å². The zero-order valence-corrected chi connectivity index (χ0v) is 10.4. The molecule has 0 unspecified atom stereocenters. The number of aromatic nitrogens is 2. The lowest BCUT2D eigenvalue weighted by molar-refractivity contribution is -0.117. The molecule has 0 aliphatic carbocycles. The monoisotopic (exact) mass is 272 g/mol. The molecule has 7 nitrogen and oxygen atoms in total. The molecule has 0 saturated carbocycles. The van der Waals surface area contributed by atoms with Gasteiger partial charge in [0.25, 0.3) is 5.56 Å². The standard InChI is InChI=1S/C13H12N4O3/c14-13(20)9-3-5-10(6-4-9)16-11(18)8-17-12(19)2-1-7-15-17/h1-7H,8H2,(H2,14,20)(H,16,18). The van der Waals surface area contributed by atoms with Crippen molar-refractivity contribution in [2.45, 2.75) is 6.54 Å². The number of primary amides is 1. The molecule has 1 aromatic carbocycles. The van der Waals surface area contributed by atoms with Gasteiger partial charge >= 0.3 is 0 Å². The zero-order valence-electron chi connectivity index (χ0n) is 10.4. The van der Waals surface area contributed by atoms with Crippen LogP contribution in [0.3, 0.4) is 0 Å². The summed E-state index contributed by atoms with van der Waals surface area (Å²) < 4.78 is 1.05. The number of anilines is 1. The van der Waals surface area contributed by atoms with Gasteiger partial charge in [-0.25, -0.2) is 4.68 Å². The van der Waals surface area contributed by atoms with Crippen molar-refractivity contribution in [1.29, 1.82) is 0 Å². The maximum absolute atomic E-state index is 11.8. The lowest BCUT2D eigenvalue weighted by Gasteiger charge is -2.06. The van der Waals surface area contributed by atoms with Crippen molar-refractivity contribution < 1.29 is 9.59 Å². The van der Waals surface area contributed by atoms with Crippen molar-refractivity contribution in [3.8, 4) is 0 Å². The average Bonchev–Trinajstić information content (AvgIpc) is 2.42. The predicted molar refractivity (Wildman–Crippen MR) is 72.1 cm³/mol. The first kappa shape index (κ1) is 13.5. The fraction of sp³-hybridized carbons (Fsp3) is 0.0769. The van der Waals surface area contributed by atoms with Gasteiger partial charge in [-0.3, -0.25) is 14.4 Å². The van der Waals surface area contributed by atoms with E-state index in [9.17, 15) is 14.4 Å². The van der Waals surface area contributed by atoms with Crippen LogP contribution in [0.2, 0.25) is 0 Å². The van der Waals surface area contributed by atoms with Crippen molar-refractivity contribution in [3.63, 3.8) is 0 Å². The third-order valence-electron chi connectivity index (χ3n) is 2.53. The molecule has 0 radical (unpaired) electrons. The van der Waals surface area contributed by atoms with Gasteiger partial charge in [0.05, 0.1) is 0 Å². The minimum Gasteiger partial charge on any atom is -0.366 e.